The Morgan fingerprint density at radius 3 is 2.60 bits per heavy atom. The van der Waals surface area contributed by atoms with Crippen molar-refractivity contribution in [2.24, 2.45) is 0 Å². The van der Waals surface area contributed by atoms with E-state index in [1.807, 2.05) is 18.2 Å². The normalized spacial score (nSPS) is 13.5. The van der Waals surface area contributed by atoms with Crippen LogP contribution >= 0.6 is 0 Å². The third-order valence-electron chi connectivity index (χ3n) is 4.92. The Kier molecular flexibility index (Phi) is 4.42. The molecule has 1 aliphatic carbocycles. The maximum Gasteiger partial charge on any atom is 0.221 e. The average molecular weight is 405 g/mol. The Morgan fingerprint density at radius 2 is 1.77 bits per heavy atom. The largest absolute Gasteiger partial charge is 0.368 e. The molecule has 0 amide bonds. The molecule has 30 heavy (non-hydrogen) atoms. The number of nitrogen functional groups attached to an aromatic ring is 1. The van der Waals surface area contributed by atoms with E-state index in [9.17, 15) is 8.78 Å². The monoisotopic (exact) mass is 405 g/mol. The van der Waals surface area contributed by atoms with E-state index >= 15 is 0 Å². The van der Waals surface area contributed by atoms with Crippen LogP contribution in [-0.4, -0.2) is 29.9 Å². The number of aromatic nitrogens is 6. The molecule has 4 aromatic rings. The quantitative estimate of drug-likeness (QED) is 0.545. The van der Waals surface area contributed by atoms with Gasteiger partial charge in [0.1, 0.15) is 5.69 Å². The average Bonchev–Trinajstić information content (AvgIpc) is 3.49. The highest BCUT2D eigenvalue weighted by molar-refractivity contribution is 5.67. The van der Waals surface area contributed by atoms with Gasteiger partial charge in [-0.15, -0.1) is 5.10 Å². The molecule has 3 heterocycles. The van der Waals surface area contributed by atoms with Crippen LogP contribution in [0, 0.1) is 11.6 Å². The molecule has 3 aromatic heterocycles. The first kappa shape index (κ1) is 18.3. The summed E-state index contributed by atoms with van der Waals surface area (Å²) in [4.78, 5) is 12.9. The fraction of sp³-hybridized carbons (Fsp3) is 0.190. The van der Waals surface area contributed by atoms with Crippen LogP contribution in [0.3, 0.4) is 0 Å². The van der Waals surface area contributed by atoms with Crippen molar-refractivity contribution in [2.45, 2.75) is 25.3 Å². The van der Waals surface area contributed by atoms with Crippen LogP contribution in [0.4, 0.5) is 14.7 Å². The first-order valence-corrected chi connectivity index (χ1v) is 9.52. The lowest BCUT2D eigenvalue weighted by atomic mass is 10.1. The summed E-state index contributed by atoms with van der Waals surface area (Å²) < 4.78 is 29.4. The standard InChI is InChI=1S/C21H17F2N7/c22-15-5-2-4-14(20(15)23)17-9-18(27-21(24)26-17)19-11-30(29-28-19)10-13-3-1-6-16(25-13)12-7-8-12/h1-6,9,11-12H,7-8,10H2,(H2,24,26,27). The molecule has 9 heteroatoms. The number of rotatable bonds is 5. The fourth-order valence-corrected chi connectivity index (χ4v) is 3.29. The Bertz CT molecular complexity index is 1230. The first-order valence-electron chi connectivity index (χ1n) is 9.52. The van der Waals surface area contributed by atoms with E-state index in [1.54, 1.807) is 10.9 Å². The van der Waals surface area contributed by atoms with Crippen molar-refractivity contribution < 1.29 is 8.78 Å². The zero-order valence-corrected chi connectivity index (χ0v) is 15.8. The van der Waals surface area contributed by atoms with Gasteiger partial charge in [-0.1, -0.05) is 17.3 Å². The van der Waals surface area contributed by atoms with Gasteiger partial charge in [0.15, 0.2) is 11.6 Å². The van der Waals surface area contributed by atoms with Gasteiger partial charge in [-0.3, -0.25) is 4.98 Å². The van der Waals surface area contributed by atoms with Gasteiger partial charge in [0.25, 0.3) is 0 Å². The minimum atomic E-state index is -0.994. The maximum atomic E-state index is 14.2. The summed E-state index contributed by atoms with van der Waals surface area (Å²) in [5.41, 5.74) is 8.78. The number of pyridine rings is 1. The number of nitrogens with zero attached hydrogens (tertiary/aromatic N) is 6. The van der Waals surface area contributed by atoms with Crippen LogP contribution < -0.4 is 5.73 Å². The van der Waals surface area contributed by atoms with E-state index in [4.69, 9.17) is 5.73 Å². The molecule has 0 spiro atoms. The van der Waals surface area contributed by atoms with E-state index in [0.29, 0.717) is 23.9 Å². The highest BCUT2D eigenvalue weighted by Crippen LogP contribution is 2.38. The van der Waals surface area contributed by atoms with E-state index in [0.717, 1.165) is 17.5 Å². The van der Waals surface area contributed by atoms with Crippen LogP contribution in [0.15, 0.2) is 48.7 Å². The van der Waals surface area contributed by atoms with Crippen molar-refractivity contribution in [1.82, 2.24) is 29.9 Å². The van der Waals surface area contributed by atoms with E-state index < -0.39 is 11.6 Å². The second kappa shape index (κ2) is 7.25. The molecule has 0 radical (unpaired) electrons. The first-order chi connectivity index (χ1) is 14.6. The lowest BCUT2D eigenvalue weighted by molar-refractivity contribution is 0.511. The molecule has 2 N–H and O–H groups in total. The topological polar surface area (TPSA) is 95.4 Å². The highest BCUT2D eigenvalue weighted by atomic mass is 19.2. The molecule has 0 bridgehead atoms. The summed E-state index contributed by atoms with van der Waals surface area (Å²) in [6.07, 6.45) is 4.08. The summed E-state index contributed by atoms with van der Waals surface area (Å²) >= 11 is 0. The summed E-state index contributed by atoms with van der Waals surface area (Å²) in [6, 6.07) is 11.4. The Balaban J connectivity index is 1.44. The Hall–Kier alpha value is -3.75. The van der Waals surface area contributed by atoms with Crippen molar-refractivity contribution in [3.8, 4) is 22.6 Å². The molecule has 1 fully saturated rings. The van der Waals surface area contributed by atoms with Crippen molar-refractivity contribution in [1.29, 1.82) is 0 Å². The molecule has 0 saturated heterocycles. The number of hydrogen-bond acceptors (Lipinski definition) is 6. The smallest absolute Gasteiger partial charge is 0.221 e. The Labute approximate surface area is 170 Å². The van der Waals surface area contributed by atoms with Crippen LogP contribution in [0.1, 0.15) is 30.1 Å². The highest BCUT2D eigenvalue weighted by Gasteiger charge is 2.25. The van der Waals surface area contributed by atoms with Crippen LogP contribution in [0.5, 0.6) is 0 Å². The SMILES string of the molecule is Nc1nc(-c2cn(Cc3cccc(C4CC4)n3)nn2)cc(-c2cccc(F)c2F)n1. The molecule has 1 saturated carbocycles. The number of halogens is 2. The zero-order valence-electron chi connectivity index (χ0n) is 15.8. The van der Waals surface area contributed by atoms with Gasteiger partial charge in [0, 0.05) is 17.2 Å². The predicted octanol–water partition coefficient (Wildman–Crippen LogP) is 3.58. The van der Waals surface area contributed by atoms with Gasteiger partial charge < -0.3 is 5.73 Å². The molecular formula is C21H17F2N7. The van der Waals surface area contributed by atoms with Gasteiger partial charge in [0.2, 0.25) is 5.95 Å². The second-order valence-corrected chi connectivity index (χ2v) is 7.23. The Morgan fingerprint density at radius 1 is 0.967 bits per heavy atom. The molecule has 0 atom stereocenters. The van der Waals surface area contributed by atoms with E-state index in [-0.39, 0.29) is 17.2 Å². The lowest BCUT2D eigenvalue weighted by Gasteiger charge is -2.06. The molecule has 150 valence electrons. The van der Waals surface area contributed by atoms with Crippen molar-refractivity contribution in [3.63, 3.8) is 0 Å². The second-order valence-electron chi connectivity index (χ2n) is 7.23. The summed E-state index contributed by atoms with van der Waals surface area (Å²) in [5.74, 6) is -1.45. The third-order valence-corrected chi connectivity index (χ3v) is 4.92. The summed E-state index contributed by atoms with van der Waals surface area (Å²) in [6.45, 7) is 0.458. The van der Waals surface area contributed by atoms with Crippen molar-refractivity contribution >= 4 is 5.95 Å². The van der Waals surface area contributed by atoms with Crippen molar-refractivity contribution in [2.75, 3.05) is 5.73 Å². The molecule has 5 rings (SSSR count). The molecule has 0 aliphatic heterocycles. The molecule has 1 aliphatic rings. The summed E-state index contributed by atoms with van der Waals surface area (Å²) in [5, 5.41) is 8.27. The van der Waals surface area contributed by atoms with Crippen molar-refractivity contribution in [3.05, 3.63) is 71.7 Å². The maximum absolute atomic E-state index is 14.2. The molecule has 1 aromatic carbocycles. The number of nitrogens with two attached hydrogens (primary N) is 1. The molecule has 0 unspecified atom stereocenters. The third kappa shape index (κ3) is 3.61. The van der Waals surface area contributed by atoms with Gasteiger partial charge in [-0.2, -0.15) is 0 Å². The number of hydrogen-bond donors (Lipinski definition) is 1. The van der Waals surface area contributed by atoms with E-state index in [2.05, 4.69) is 25.3 Å². The van der Waals surface area contributed by atoms with Crippen LogP contribution in [0.25, 0.3) is 22.6 Å². The zero-order chi connectivity index (χ0) is 20.7. The minimum absolute atomic E-state index is 0.00108. The van der Waals surface area contributed by atoms with E-state index in [1.165, 1.54) is 31.0 Å². The fourth-order valence-electron chi connectivity index (χ4n) is 3.29. The van der Waals surface area contributed by atoms with Crippen LogP contribution in [-0.2, 0) is 6.54 Å². The van der Waals surface area contributed by atoms with Crippen LogP contribution in [0.2, 0.25) is 0 Å². The van der Waals surface area contributed by atoms with Gasteiger partial charge in [-0.25, -0.2) is 23.4 Å². The predicted molar refractivity (Wildman–Crippen MR) is 106 cm³/mol. The minimum Gasteiger partial charge on any atom is -0.368 e. The lowest BCUT2D eigenvalue weighted by Crippen LogP contribution is -2.03. The number of anilines is 1. The molecule has 7 nitrogen and oxygen atoms in total. The molecular weight excluding hydrogens is 388 g/mol. The van der Waals surface area contributed by atoms with Gasteiger partial charge in [0.05, 0.1) is 29.8 Å². The summed E-state index contributed by atoms with van der Waals surface area (Å²) in [7, 11) is 0. The van der Waals surface area contributed by atoms with Gasteiger partial charge >= 0.3 is 0 Å². The van der Waals surface area contributed by atoms with Gasteiger partial charge in [-0.05, 0) is 43.2 Å². The number of benzene rings is 1.